The molecule has 18 heavy (non-hydrogen) atoms. The Labute approximate surface area is 114 Å². The van der Waals surface area contributed by atoms with Gasteiger partial charge in [-0.3, -0.25) is 0 Å². The highest BCUT2D eigenvalue weighted by Crippen LogP contribution is 2.33. The molecule has 0 unspecified atom stereocenters. The van der Waals surface area contributed by atoms with Crippen LogP contribution in [0.15, 0.2) is 12.2 Å². The molecule has 2 aliphatic carbocycles. The van der Waals surface area contributed by atoms with Crippen LogP contribution in [0.1, 0.15) is 58.3 Å². The molecule has 0 saturated heterocycles. The first-order valence-electron chi connectivity index (χ1n) is 7.69. The first-order valence-corrected chi connectivity index (χ1v) is 9.08. The molecule has 2 saturated carbocycles. The van der Waals surface area contributed by atoms with Crippen LogP contribution in [-0.4, -0.2) is 22.5 Å². The van der Waals surface area contributed by atoms with Crippen molar-refractivity contribution in [3.63, 3.8) is 0 Å². The van der Waals surface area contributed by atoms with Crippen molar-refractivity contribution in [3.05, 3.63) is 12.2 Å². The predicted octanol–water partition coefficient (Wildman–Crippen LogP) is 4.22. The Morgan fingerprint density at radius 2 is 1.67 bits per heavy atom. The average molecular weight is 267 g/mol. The van der Waals surface area contributed by atoms with Gasteiger partial charge in [-0.25, -0.2) is 0 Å². The van der Waals surface area contributed by atoms with E-state index in [1.165, 1.54) is 51.4 Å². The maximum absolute atomic E-state index is 6.02. The maximum atomic E-state index is 6.02. The highest BCUT2D eigenvalue weighted by Gasteiger charge is 2.30. The molecule has 2 nitrogen and oxygen atoms in total. The lowest BCUT2D eigenvalue weighted by Gasteiger charge is -2.19. The summed E-state index contributed by atoms with van der Waals surface area (Å²) < 4.78 is 11.9. The zero-order valence-corrected chi connectivity index (χ0v) is 12.7. The van der Waals surface area contributed by atoms with Crippen LogP contribution in [0.3, 0.4) is 0 Å². The molecular weight excluding hydrogens is 240 g/mol. The quantitative estimate of drug-likeness (QED) is 0.508. The van der Waals surface area contributed by atoms with Gasteiger partial charge in [0.05, 0.1) is 6.61 Å². The molecule has 0 heterocycles. The van der Waals surface area contributed by atoms with Crippen LogP contribution in [0.4, 0.5) is 0 Å². The van der Waals surface area contributed by atoms with Gasteiger partial charge in [0.1, 0.15) is 0 Å². The highest BCUT2D eigenvalue weighted by molar-refractivity contribution is 6.46. The summed E-state index contributed by atoms with van der Waals surface area (Å²) in [4.78, 5) is 0. The fraction of sp³-hybridized carbons (Fsp3) is 0.867. The summed E-state index contributed by atoms with van der Waals surface area (Å²) in [7, 11) is -1.02. The summed E-state index contributed by atoms with van der Waals surface area (Å²) in [6, 6.07) is 0. The first kappa shape index (κ1) is 14.3. The van der Waals surface area contributed by atoms with E-state index in [0.717, 1.165) is 24.7 Å². The number of hydrogen-bond acceptors (Lipinski definition) is 2. The van der Waals surface area contributed by atoms with Crippen molar-refractivity contribution in [1.82, 2.24) is 0 Å². The molecule has 0 bridgehead atoms. The zero-order valence-electron chi connectivity index (χ0n) is 11.7. The number of hydrogen-bond donors (Lipinski definition) is 0. The molecule has 0 aromatic carbocycles. The molecule has 0 spiro atoms. The molecule has 1 radical (unpaired) electrons. The van der Waals surface area contributed by atoms with Crippen LogP contribution >= 0.6 is 0 Å². The van der Waals surface area contributed by atoms with Crippen LogP contribution in [0.2, 0.25) is 5.54 Å². The Balaban J connectivity index is 1.67. The Kier molecular flexibility index (Phi) is 6.45. The molecule has 3 heteroatoms. The summed E-state index contributed by atoms with van der Waals surface area (Å²) in [5, 5.41) is 0. The van der Waals surface area contributed by atoms with Gasteiger partial charge in [-0.1, -0.05) is 37.8 Å². The molecule has 2 aliphatic rings. The lowest BCUT2D eigenvalue weighted by molar-refractivity contribution is 0.212. The fourth-order valence-corrected chi connectivity index (χ4v) is 5.09. The Hall–Kier alpha value is -0.123. The van der Waals surface area contributed by atoms with Crippen molar-refractivity contribution in [2.24, 2.45) is 5.92 Å². The number of rotatable bonds is 7. The van der Waals surface area contributed by atoms with Gasteiger partial charge < -0.3 is 8.85 Å². The van der Waals surface area contributed by atoms with Gasteiger partial charge in [-0.15, -0.1) is 0 Å². The van der Waals surface area contributed by atoms with Gasteiger partial charge in [-0.2, -0.15) is 0 Å². The summed E-state index contributed by atoms with van der Waals surface area (Å²) in [5.74, 6) is 0.822. The van der Waals surface area contributed by atoms with Crippen LogP contribution in [-0.2, 0) is 8.85 Å². The van der Waals surface area contributed by atoms with Crippen LogP contribution in [0.5, 0.6) is 0 Å². The molecule has 0 atom stereocenters. The molecule has 0 amide bonds. The molecule has 2 fully saturated rings. The molecule has 103 valence electrons. The van der Waals surface area contributed by atoms with E-state index in [1.54, 1.807) is 0 Å². The van der Waals surface area contributed by atoms with Crippen molar-refractivity contribution in [3.8, 4) is 0 Å². The summed E-state index contributed by atoms with van der Waals surface area (Å²) in [6.07, 6.45) is 15.5. The second kappa shape index (κ2) is 8.13. The van der Waals surface area contributed by atoms with E-state index in [0.29, 0.717) is 0 Å². The first-order chi connectivity index (χ1) is 8.90. The summed E-state index contributed by atoms with van der Waals surface area (Å²) in [6.45, 7) is 3.65. The normalized spacial score (nSPS) is 22.8. The van der Waals surface area contributed by atoms with Gasteiger partial charge in [0.25, 0.3) is 0 Å². The van der Waals surface area contributed by atoms with Gasteiger partial charge >= 0.3 is 9.28 Å². The fourth-order valence-electron chi connectivity index (χ4n) is 3.11. The second-order valence-electron chi connectivity index (χ2n) is 5.52. The van der Waals surface area contributed by atoms with Crippen molar-refractivity contribution in [2.75, 3.05) is 13.2 Å². The third kappa shape index (κ3) is 4.52. The van der Waals surface area contributed by atoms with Crippen LogP contribution in [0.25, 0.3) is 0 Å². The molecule has 0 N–H and O–H groups in total. The third-order valence-corrected chi connectivity index (χ3v) is 6.37. The molecule has 2 rings (SSSR count). The smallest absolute Gasteiger partial charge is 0.388 e. The van der Waals surface area contributed by atoms with Gasteiger partial charge in [-0.05, 0) is 38.5 Å². The van der Waals surface area contributed by atoms with Crippen LogP contribution in [0, 0.1) is 5.92 Å². The molecule has 0 aromatic rings. The largest absolute Gasteiger partial charge is 0.393 e. The second-order valence-corrected chi connectivity index (χ2v) is 7.55. The summed E-state index contributed by atoms with van der Waals surface area (Å²) >= 11 is 0. The third-order valence-electron chi connectivity index (χ3n) is 4.10. The van der Waals surface area contributed by atoms with Gasteiger partial charge in [0.2, 0.25) is 0 Å². The van der Waals surface area contributed by atoms with E-state index in [2.05, 4.69) is 19.1 Å². The minimum Gasteiger partial charge on any atom is -0.393 e. The Morgan fingerprint density at radius 3 is 2.33 bits per heavy atom. The molecule has 0 aromatic heterocycles. The predicted molar refractivity (Wildman–Crippen MR) is 76.6 cm³/mol. The van der Waals surface area contributed by atoms with Gasteiger partial charge in [0, 0.05) is 12.1 Å². The topological polar surface area (TPSA) is 18.5 Å². The minimum absolute atomic E-state index is 0.731. The van der Waals surface area contributed by atoms with Crippen molar-refractivity contribution >= 4 is 9.28 Å². The van der Waals surface area contributed by atoms with Crippen molar-refractivity contribution in [2.45, 2.75) is 63.8 Å². The monoisotopic (exact) mass is 267 g/mol. The summed E-state index contributed by atoms with van der Waals surface area (Å²) in [5.41, 5.74) is 0.731. The van der Waals surface area contributed by atoms with Crippen molar-refractivity contribution in [1.29, 1.82) is 0 Å². The minimum atomic E-state index is -1.02. The Bertz CT molecular complexity index is 243. The van der Waals surface area contributed by atoms with E-state index < -0.39 is 9.28 Å². The zero-order chi connectivity index (χ0) is 12.6. The van der Waals surface area contributed by atoms with E-state index in [-0.39, 0.29) is 0 Å². The lowest BCUT2D eigenvalue weighted by Crippen LogP contribution is -2.28. The standard InChI is InChI=1S/C15H27O2Si/c1-2-16-18(15-11-5-6-12-15)17-13-7-10-14-8-3-4-9-14/h7,10,14-15H,2-6,8-9,11-13H2,1H3. The average Bonchev–Trinajstić information content (AvgIpc) is 3.05. The lowest BCUT2D eigenvalue weighted by atomic mass is 10.1. The van der Waals surface area contributed by atoms with E-state index >= 15 is 0 Å². The van der Waals surface area contributed by atoms with E-state index in [1.807, 2.05) is 0 Å². The molecular formula is C15H27O2Si. The highest BCUT2D eigenvalue weighted by atomic mass is 28.3. The molecule has 0 aliphatic heterocycles. The SMILES string of the molecule is CCO[Si](OCC=CC1CCCC1)C1CCCC1. The maximum Gasteiger partial charge on any atom is 0.388 e. The number of allylic oxidation sites excluding steroid dienone is 1. The van der Waals surface area contributed by atoms with Crippen molar-refractivity contribution < 1.29 is 8.85 Å². The van der Waals surface area contributed by atoms with E-state index in [9.17, 15) is 0 Å². The Morgan fingerprint density at radius 1 is 1.00 bits per heavy atom. The van der Waals surface area contributed by atoms with E-state index in [4.69, 9.17) is 8.85 Å². The van der Waals surface area contributed by atoms with Crippen LogP contribution < -0.4 is 0 Å². The van der Waals surface area contributed by atoms with Gasteiger partial charge in [0.15, 0.2) is 0 Å².